The van der Waals surface area contributed by atoms with E-state index in [0.29, 0.717) is 33.9 Å². The molecule has 0 bridgehead atoms. The molecule has 134 valence electrons. The molecule has 3 rings (SSSR count). The summed E-state index contributed by atoms with van der Waals surface area (Å²) in [6.45, 7) is 2.46. The molecule has 7 nitrogen and oxygen atoms in total. The maximum atomic E-state index is 12.0. The van der Waals surface area contributed by atoms with Gasteiger partial charge in [-0.05, 0) is 36.8 Å². The number of aryl methyl sites for hydroxylation is 1. The Morgan fingerprint density at radius 1 is 1.23 bits per heavy atom. The number of primary amides is 1. The van der Waals surface area contributed by atoms with Gasteiger partial charge in [-0.1, -0.05) is 29.8 Å². The van der Waals surface area contributed by atoms with Crippen LogP contribution in [0, 0.1) is 6.92 Å². The average molecular weight is 372 g/mol. The zero-order valence-corrected chi connectivity index (χ0v) is 14.9. The topological polar surface area (TPSA) is 102 Å². The highest BCUT2D eigenvalue weighted by molar-refractivity contribution is 6.31. The number of carbonyl (C=O) groups excluding carboxylic acids is 2. The molecule has 26 heavy (non-hydrogen) atoms. The highest BCUT2D eigenvalue weighted by atomic mass is 35.5. The van der Waals surface area contributed by atoms with Crippen LogP contribution in [0.4, 0.5) is 10.5 Å². The number of rotatable bonds is 5. The van der Waals surface area contributed by atoms with Crippen LogP contribution in [0.5, 0.6) is 0 Å². The van der Waals surface area contributed by atoms with Gasteiger partial charge in [-0.2, -0.15) is 5.10 Å². The fourth-order valence-corrected chi connectivity index (χ4v) is 2.79. The number of urea groups is 1. The van der Waals surface area contributed by atoms with E-state index in [0.717, 1.165) is 5.56 Å². The van der Waals surface area contributed by atoms with Crippen LogP contribution in [-0.4, -0.2) is 28.3 Å². The van der Waals surface area contributed by atoms with Crippen LogP contribution in [0.15, 0.2) is 42.5 Å². The number of nitrogens with one attached hydrogen (secondary N) is 2. The van der Waals surface area contributed by atoms with Crippen molar-refractivity contribution in [1.29, 1.82) is 0 Å². The first-order chi connectivity index (χ1) is 12.5. The molecule has 0 aliphatic rings. The highest BCUT2D eigenvalue weighted by Crippen LogP contribution is 2.19. The molecule has 2 aromatic carbocycles. The van der Waals surface area contributed by atoms with Crippen molar-refractivity contribution in [2.24, 2.45) is 5.73 Å². The van der Waals surface area contributed by atoms with Crippen molar-refractivity contribution < 1.29 is 9.59 Å². The Balaban J connectivity index is 1.63. The predicted octanol–water partition coefficient (Wildman–Crippen LogP) is 2.92. The molecule has 0 spiro atoms. The second kappa shape index (κ2) is 7.45. The number of fused-ring (bicyclic) bond motifs is 1. The predicted molar refractivity (Wildman–Crippen MR) is 101 cm³/mol. The van der Waals surface area contributed by atoms with E-state index in [1.165, 1.54) is 4.68 Å². The lowest BCUT2D eigenvalue weighted by atomic mass is 10.2. The second-order valence-electron chi connectivity index (χ2n) is 5.80. The molecule has 3 aromatic rings. The van der Waals surface area contributed by atoms with Crippen LogP contribution in [0.3, 0.4) is 0 Å². The average Bonchev–Trinajstić information content (AvgIpc) is 2.96. The van der Waals surface area contributed by atoms with Crippen LogP contribution in [0.1, 0.15) is 16.1 Å². The van der Waals surface area contributed by atoms with Crippen LogP contribution < -0.4 is 16.4 Å². The van der Waals surface area contributed by atoms with Gasteiger partial charge in [0.1, 0.15) is 5.69 Å². The summed E-state index contributed by atoms with van der Waals surface area (Å²) in [5.41, 5.74) is 8.01. The van der Waals surface area contributed by atoms with Crippen molar-refractivity contribution in [3.05, 3.63) is 58.7 Å². The van der Waals surface area contributed by atoms with Crippen molar-refractivity contribution in [3.63, 3.8) is 0 Å². The number of nitrogens with zero attached hydrogens (tertiary/aromatic N) is 2. The number of hydrogen-bond donors (Lipinski definition) is 3. The van der Waals surface area contributed by atoms with Gasteiger partial charge in [0.25, 0.3) is 5.91 Å². The Morgan fingerprint density at radius 3 is 2.73 bits per heavy atom. The Morgan fingerprint density at radius 2 is 2.00 bits per heavy atom. The summed E-state index contributed by atoms with van der Waals surface area (Å²) in [5, 5.41) is 11.2. The Bertz CT molecular complexity index is 983. The molecule has 0 saturated heterocycles. The molecule has 0 radical (unpaired) electrons. The van der Waals surface area contributed by atoms with Crippen LogP contribution in [-0.2, 0) is 6.54 Å². The molecule has 0 fully saturated rings. The molecule has 0 saturated carbocycles. The number of hydrogen-bond acceptors (Lipinski definition) is 3. The molecular weight excluding hydrogens is 354 g/mol. The standard InChI is InChI=1S/C18H18ClN5O2/c1-11-10-12(6-7-14(11)19)22-18(26)21-8-9-24-16(17(20)25)13-4-2-3-5-15(13)23-24/h2-7,10H,8-9H2,1H3,(H2,20,25)(H2,21,22,26). The number of halogens is 1. The lowest BCUT2D eigenvalue weighted by molar-refractivity contribution is 0.0991. The molecular formula is C18H18ClN5O2. The summed E-state index contributed by atoms with van der Waals surface area (Å²) < 4.78 is 1.51. The van der Waals surface area contributed by atoms with Crippen molar-refractivity contribution in [2.75, 3.05) is 11.9 Å². The van der Waals surface area contributed by atoms with Gasteiger partial charge in [0, 0.05) is 22.6 Å². The molecule has 0 aliphatic heterocycles. The fourth-order valence-electron chi connectivity index (χ4n) is 2.67. The van der Waals surface area contributed by atoms with Crippen LogP contribution in [0.25, 0.3) is 10.9 Å². The van der Waals surface area contributed by atoms with Gasteiger partial charge < -0.3 is 16.4 Å². The zero-order chi connectivity index (χ0) is 18.7. The molecule has 3 amide bonds. The lowest BCUT2D eigenvalue weighted by Gasteiger charge is -2.10. The van der Waals surface area contributed by atoms with Gasteiger partial charge >= 0.3 is 6.03 Å². The number of anilines is 1. The van der Waals surface area contributed by atoms with Crippen molar-refractivity contribution in [1.82, 2.24) is 15.1 Å². The maximum Gasteiger partial charge on any atom is 0.319 e. The number of carbonyl (C=O) groups is 2. The first-order valence-electron chi connectivity index (χ1n) is 8.02. The van der Waals surface area contributed by atoms with Crippen LogP contribution in [0.2, 0.25) is 5.02 Å². The highest BCUT2D eigenvalue weighted by Gasteiger charge is 2.15. The summed E-state index contributed by atoms with van der Waals surface area (Å²) in [6, 6.07) is 12.1. The van der Waals surface area contributed by atoms with E-state index in [-0.39, 0.29) is 12.6 Å². The minimum absolute atomic E-state index is 0.284. The van der Waals surface area contributed by atoms with Crippen molar-refractivity contribution in [3.8, 4) is 0 Å². The lowest BCUT2D eigenvalue weighted by Crippen LogP contribution is -2.32. The second-order valence-corrected chi connectivity index (χ2v) is 6.21. The maximum absolute atomic E-state index is 12.0. The largest absolute Gasteiger partial charge is 0.364 e. The molecule has 8 heteroatoms. The van der Waals surface area contributed by atoms with Gasteiger partial charge in [-0.15, -0.1) is 0 Å². The molecule has 0 aliphatic carbocycles. The smallest absolute Gasteiger partial charge is 0.319 e. The van der Waals surface area contributed by atoms with Crippen molar-refractivity contribution in [2.45, 2.75) is 13.5 Å². The Kier molecular flexibility index (Phi) is 5.09. The first-order valence-corrected chi connectivity index (χ1v) is 8.40. The summed E-state index contributed by atoms with van der Waals surface area (Å²) in [7, 11) is 0. The molecule has 1 heterocycles. The summed E-state index contributed by atoms with van der Waals surface area (Å²) in [5.74, 6) is -0.556. The normalized spacial score (nSPS) is 10.7. The Hall–Kier alpha value is -3.06. The third kappa shape index (κ3) is 3.78. The van der Waals surface area contributed by atoms with Crippen LogP contribution >= 0.6 is 11.6 Å². The third-order valence-electron chi connectivity index (χ3n) is 3.90. The third-order valence-corrected chi connectivity index (χ3v) is 4.33. The first kappa shape index (κ1) is 17.8. The van der Waals surface area contributed by atoms with E-state index in [9.17, 15) is 9.59 Å². The molecule has 4 N–H and O–H groups in total. The van der Waals surface area contributed by atoms with E-state index >= 15 is 0 Å². The van der Waals surface area contributed by atoms with Gasteiger partial charge in [0.05, 0.1) is 12.1 Å². The zero-order valence-electron chi connectivity index (χ0n) is 14.1. The summed E-state index contributed by atoms with van der Waals surface area (Å²) in [6.07, 6.45) is 0. The Labute approximate surface area is 155 Å². The summed E-state index contributed by atoms with van der Waals surface area (Å²) >= 11 is 5.97. The summed E-state index contributed by atoms with van der Waals surface area (Å²) in [4.78, 5) is 23.8. The number of nitrogens with two attached hydrogens (primary N) is 1. The molecule has 0 atom stereocenters. The van der Waals surface area contributed by atoms with E-state index < -0.39 is 5.91 Å². The quantitative estimate of drug-likeness (QED) is 0.642. The van der Waals surface area contributed by atoms with E-state index in [2.05, 4.69) is 15.7 Å². The number of benzene rings is 2. The van der Waals surface area contributed by atoms with Crippen molar-refractivity contribution >= 4 is 40.1 Å². The van der Waals surface area contributed by atoms with Gasteiger partial charge in [0.15, 0.2) is 0 Å². The van der Waals surface area contributed by atoms with E-state index in [1.54, 1.807) is 30.3 Å². The number of aromatic nitrogens is 2. The molecule has 1 aromatic heterocycles. The van der Waals surface area contributed by atoms with E-state index in [1.807, 2.05) is 19.1 Å². The van der Waals surface area contributed by atoms with Gasteiger partial charge in [-0.3, -0.25) is 9.48 Å². The molecule has 0 unspecified atom stereocenters. The number of amides is 3. The minimum Gasteiger partial charge on any atom is -0.364 e. The van der Waals surface area contributed by atoms with Gasteiger partial charge in [-0.25, -0.2) is 4.79 Å². The van der Waals surface area contributed by atoms with E-state index in [4.69, 9.17) is 17.3 Å². The fraction of sp³-hybridized carbons (Fsp3) is 0.167. The van der Waals surface area contributed by atoms with Gasteiger partial charge in [0.2, 0.25) is 0 Å². The minimum atomic E-state index is -0.556. The SMILES string of the molecule is Cc1cc(NC(=O)NCCn2nc3ccccc3c2C(N)=O)ccc1Cl. The monoisotopic (exact) mass is 371 g/mol.